The maximum Gasteiger partial charge on any atom is 0.137 e. The molecule has 4 rings (SSSR count). The lowest BCUT2D eigenvalue weighted by molar-refractivity contribution is 0.593. The molecule has 1 unspecified atom stereocenters. The minimum Gasteiger partial charge on any atom is -0.324 e. The summed E-state index contributed by atoms with van der Waals surface area (Å²) in [5.41, 5.74) is 4.77. The molecule has 0 aliphatic heterocycles. The minimum atomic E-state index is 0.0202. The van der Waals surface area contributed by atoms with E-state index in [1.54, 1.807) is 12.7 Å². The maximum atomic E-state index is 4.36. The highest BCUT2D eigenvalue weighted by atomic mass is 15.3. The summed E-state index contributed by atoms with van der Waals surface area (Å²) in [7, 11) is 0. The van der Waals surface area contributed by atoms with Crippen LogP contribution in [0.4, 0.5) is 0 Å². The smallest absolute Gasteiger partial charge is 0.137 e. The highest BCUT2D eigenvalue weighted by Gasteiger charge is 2.17. The second kappa shape index (κ2) is 6.16. The van der Waals surface area contributed by atoms with Crippen molar-refractivity contribution >= 4 is 0 Å². The van der Waals surface area contributed by atoms with Crippen molar-refractivity contribution in [1.82, 2.24) is 19.3 Å². The summed E-state index contributed by atoms with van der Waals surface area (Å²) in [6.45, 7) is 2.10. The number of aryl methyl sites for hydroxylation is 1. The van der Waals surface area contributed by atoms with Crippen LogP contribution in [-0.4, -0.2) is 19.3 Å². The first kappa shape index (κ1) is 14.5. The fraction of sp³-hybridized carbons (Fsp3) is 0.100. The molecule has 24 heavy (non-hydrogen) atoms. The van der Waals surface area contributed by atoms with Crippen molar-refractivity contribution in [1.29, 1.82) is 0 Å². The van der Waals surface area contributed by atoms with Crippen molar-refractivity contribution in [3.63, 3.8) is 0 Å². The molecule has 0 aliphatic carbocycles. The average Bonchev–Trinajstić information content (AvgIpc) is 3.31. The third-order valence-corrected chi connectivity index (χ3v) is 4.21. The van der Waals surface area contributed by atoms with Crippen LogP contribution < -0.4 is 0 Å². The van der Waals surface area contributed by atoms with Gasteiger partial charge in [-0.3, -0.25) is 0 Å². The second-order valence-electron chi connectivity index (χ2n) is 5.87. The van der Waals surface area contributed by atoms with E-state index in [9.17, 15) is 0 Å². The molecule has 0 aliphatic rings. The first-order valence-electron chi connectivity index (χ1n) is 7.95. The molecule has 118 valence electrons. The highest BCUT2D eigenvalue weighted by Crippen LogP contribution is 2.27. The van der Waals surface area contributed by atoms with Crippen molar-refractivity contribution in [2.24, 2.45) is 0 Å². The monoisotopic (exact) mass is 314 g/mol. The van der Waals surface area contributed by atoms with Crippen LogP contribution in [0.2, 0.25) is 0 Å². The lowest BCUT2D eigenvalue weighted by Gasteiger charge is -2.19. The normalized spacial score (nSPS) is 12.2. The second-order valence-corrected chi connectivity index (χ2v) is 5.87. The van der Waals surface area contributed by atoms with E-state index in [0.29, 0.717) is 0 Å². The summed E-state index contributed by atoms with van der Waals surface area (Å²) in [6.07, 6.45) is 7.44. The van der Waals surface area contributed by atoms with Gasteiger partial charge in [-0.2, -0.15) is 5.10 Å². The standard InChI is InChI=1S/C20H18N4/c1-16-4-6-17(7-5-16)20(24-15-21-14-22-24)18-8-10-19(11-9-18)23-12-2-3-13-23/h2-15,20H,1H3. The molecule has 0 N–H and O–H groups in total. The molecule has 2 aromatic heterocycles. The molecule has 0 radical (unpaired) electrons. The fourth-order valence-corrected chi connectivity index (χ4v) is 2.93. The quantitative estimate of drug-likeness (QED) is 0.570. The summed E-state index contributed by atoms with van der Waals surface area (Å²) >= 11 is 0. The van der Waals surface area contributed by atoms with Crippen LogP contribution >= 0.6 is 0 Å². The summed E-state index contributed by atoms with van der Waals surface area (Å²) in [4.78, 5) is 4.12. The van der Waals surface area contributed by atoms with Crippen LogP contribution in [0.3, 0.4) is 0 Å². The molecule has 0 spiro atoms. The first-order chi connectivity index (χ1) is 11.8. The van der Waals surface area contributed by atoms with E-state index in [4.69, 9.17) is 0 Å². The predicted molar refractivity (Wildman–Crippen MR) is 94.2 cm³/mol. The van der Waals surface area contributed by atoms with Gasteiger partial charge in [0.25, 0.3) is 0 Å². The van der Waals surface area contributed by atoms with Crippen LogP contribution in [0, 0.1) is 6.92 Å². The molecule has 1 atom stereocenters. The Morgan fingerprint density at radius 2 is 1.46 bits per heavy atom. The van der Waals surface area contributed by atoms with Crippen LogP contribution in [-0.2, 0) is 0 Å². The highest BCUT2D eigenvalue weighted by molar-refractivity contribution is 5.40. The number of rotatable bonds is 4. The van der Waals surface area contributed by atoms with Gasteiger partial charge in [0.2, 0.25) is 0 Å². The lowest BCUT2D eigenvalue weighted by atomic mass is 9.98. The molecule has 0 saturated heterocycles. The van der Waals surface area contributed by atoms with Crippen LogP contribution in [0.15, 0.2) is 85.7 Å². The molecular weight excluding hydrogens is 296 g/mol. The molecule has 0 fully saturated rings. The molecular formula is C20H18N4. The Balaban J connectivity index is 1.75. The summed E-state index contributed by atoms with van der Waals surface area (Å²) in [5, 5.41) is 4.36. The SMILES string of the molecule is Cc1ccc(C(c2ccc(-n3cccc3)cc2)n2cncn2)cc1. The third-order valence-electron chi connectivity index (χ3n) is 4.21. The number of hydrogen-bond acceptors (Lipinski definition) is 2. The van der Waals surface area contributed by atoms with E-state index < -0.39 is 0 Å². The molecule has 4 aromatic rings. The molecule has 2 heterocycles. The molecule has 0 amide bonds. The first-order valence-corrected chi connectivity index (χ1v) is 7.95. The van der Waals surface area contributed by atoms with Crippen molar-refractivity contribution in [3.05, 3.63) is 102 Å². The van der Waals surface area contributed by atoms with E-state index in [1.807, 2.05) is 29.2 Å². The Morgan fingerprint density at radius 3 is 2.04 bits per heavy atom. The van der Waals surface area contributed by atoms with Crippen molar-refractivity contribution in [3.8, 4) is 5.69 Å². The van der Waals surface area contributed by atoms with Gasteiger partial charge in [-0.05, 0) is 42.3 Å². The third kappa shape index (κ3) is 2.74. The minimum absolute atomic E-state index is 0.0202. The van der Waals surface area contributed by atoms with E-state index in [2.05, 4.69) is 70.1 Å². The van der Waals surface area contributed by atoms with Crippen molar-refractivity contribution in [2.75, 3.05) is 0 Å². The van der Waals surface area contributed by atoms with E-state index in [-0.39, 0.29) is 6.04 Å². The zero-order valence-electron chi connectivity index (χ0n) is 13.4. The maximum absolute atomic E-state index is 4.36. The van der Waals surface area contributed by atoms with Crippen LogP contribution in [0.5, 0.6) is 0 Å². The number of aromatic nitrogens is 4. The van der Waals surface area contributed by atoms with Gasteiger partial charge in [-0.25, -0.2) is 9.67 Å². The van der Waals surface area contributed by atoms with E-state index in [0.717, 1.165) is 5.69 Å². The van der Waals surface area contributed by atoms with Gasteiger partial charge < -0.3 is 4.57 Å². The van der Waals surface area contributed by atoms with Crippen LogP contribution in [0.25, 0.3) is 5.69 Å². The molecule has 4 heteroatoms. The largest absolute Gasteiger partial charge is 0.324 e. The summed E-state index contributed by atoms with van der Waals surface area (Å²) < 4.78 is 4.00. The van der Waals surface area contributed by atoms with Gasteiger partial charge in [0, 0.05) is 18.1 Å². The van der Waals surface area contributed by atoms with E-state index >= 15 is 0 Å². The molecule has 2 aromatic carbocycles. The fourth-order valence-electron chi connectivity index (χ4n) is 2.93. The number of benzene rings is 2. The van der Waals surface area contributed by atoms with Gasteiger partial charge in [0.15, 0.2) is 0 Å². The average molecular weight is 314 g/mol. The predicted octanol–water partition coefficient (Wildman–Crippen LogP) is 4.01. The summed E-state index contributed by atoms with van der Waals surface area (Å²) in [6, 6.07) is 21.2. The lowest BCUT2D eigenvalue weighted by Crippen LogP contribution is -2.13. The zero-order chi connectivity index (χ0) is 16.4. The number of hydrogen-bond donors (Lipinski definition) is 0. The summed E-state index contributed by atoms with van der Waals surface area (Å²) in [5.74, 6) is 0. The Kier molecular flexibility index (Phi) is 3.71. The van der Waals surface area contributed by atoms with Crippen LogP contribution in [0.1, 0.15) is 22.7 Å². The Hall–Kier alpha value is -3.14. The van der Waals surface area contributed by atoms with Gasteiger partial charge in [-0.15, -0.1) is 0 Å². The number of nitrogens with zero attached hydrogens (tertiary/aromatic N) is 4. The Bertz CT molecular complexity index is 889. The topological polar surface area (TPSA) is 35.6 Å². The molecule has 0 bridgehead atoms. The van der Waals surface area contributed by atoms with Gasteiger partial charge in [0.1, 0.15) is 18.7 Å². The Labute approximate surface area is 141 Å². The Morgan fingerprint density at radius 1 is 0.833 bits per heavy atom. The molecule has 4 nitrogen and oxygen atoms in total. The van der Waals surface area contributed by atoms with E-state index in [1.165, 1.54) is 16.7 Å². The zero-order valence-corrected chi connectivity index (χ0v) is 13.4. The molecule has 0 saturated carbocycles. The van der Waals surface area contributed by atoms with Gasteiger partial charge >= 0.3 is 0 Å². The van der Waals surface area contributed by atoms with Crippen molar-refractivity contribution in [2.45, 2.75) is 13.0 Å². The van der Waals surface area contributed by atoms with Gasteiger partial charge in [0.05, 0.1) is 0 Å². The van der Waals surface area contributed by atoms with Gasteiger partial charge in [-0.1, -0.05) is 42.0 Å². The van der Waals surface area contributed by atoms with Crippen molar-refractivity contribution < 1.29 is 0 Å².